The summed E-state index contributed by atoms with van der Waals surface area (Å²) < 4.78 is 5.54. The third-order valence-corrected chi connectivity index (χ3v) is 5.73. The Labute approximate surface area is 207 Å². The van der Waals surface area contributed by atoms with Crippen molar-refractivity contribution >= 4 is 40.5 Å². The summed E-state index contributed by atoms with van der Waals surface area (Å²) in [6.45, 7) is 9.94. The van der Waals surface area contributed by atoms with Gasteiger partial charge in [0.1, 0.15) is 5.75 Å². The van der Waals surface area contributed by atoms with Gasteiger partial charge in [0.05, 0.1) is 6.61 Å². The zero-order valence-electron chi connectivity index (χ0n) is 20.2. The summed E-state index contributed by atoms with van der Waals surface area (Å²) in [5.41, 5.74) is 2.40. The van der Waals surface area contributed by atoms with E-state index in [2.05, 4.69) is 29.4 Å². The van der Waals surface area contributed by atoms with Crippen molar-refractivity contribution in [3.05, 3.63) is 54.1 Å². The molecule has 1 aliphatic heterocycles. The van der Waals surface area contributed by atoms with Gasteiger partial charge in [0.2, 0.25) is 5.91 Å². The van der Waals surface area contributed by atoms with Gasteiger partial charge in [0.25, 0.3) is 5.91 Å². The number of nitrogens with one attached hydrogen (secondary N) is 2. The van der Waals surface area contributed by atoms with Crippen LogP contribution < -0.4 is 20.3 Å². The van der Waals surface area contributed by atoms with Gasteiger partial charge in [0, 0.05) is 49.5 Å². The number of carbonyl (C=O) groups is 2. The Bertz CT molecular complexity index is 969. The van der Waals surface area contributed by atoms with Crippen LogP contribution in [0.15, 0.2) is 48.5 Å². The molecule has 2 aromatic carbocycles. The summed E-state index contributed by atoms with van der Waals surface area (Å²) in [6, 6.07) is 14.9. The highest BCUT2D eigenvalue weighted by Crippen LogP contribution is 2.20. The molecule has 0 aliphatic carbocycles. The van der Waals surface area contributed by atoms with Crippen LogP contribution in [0.2, 0.25) is 0 Å². The zero-order valence-corrected chi connectivity index (χ0v) is 21.0. The van der Waals surface area contributed by atoms with E-state index in [1.54, 1.807) is 24.3 Å². The lowest BCUT2D eigenvalue weighted by Crippen LogP contribution is -2.49. The summed E-state index contributed by atoms with van der Waals surface area (Å²) in [5.74, 6) is 1.08. The lowest BCUT2D eigenvalue weighted by atomic mass is 10.1. The molecule has 2 aromatic rings. The molecule has 0 radical (unpaired) electrons. The summed E-state index contributed by atoms with van der Waals surface area (Å²) in [4.78, 5) is 29.0. The molecule has 0 bridgehead atoms. The molecule has 0 aromatic heterocycles. The topological polar surface area (TPSA) is 73.9 Å². The van der Waals surface area contributed by atoms with Gasteiger partial charge in [-0.15, -0.1) is 0 Å². The fourth-order valence-electron chi connectivity index (χ4n) is 3.71. The SMILES string of the molecule is CCCOc1ccc(C(=O)NC(=S)Nc2ccc(N3CCN(C(=O)CC(C)C)CC3)cc2)cc1. The van der Waals surface area contributed by atoms with Crippen LogP contribution in [0.4, 0.5) is 11.4 Å². The second-order valence-corrected chi connectivity index (χ2v) is 9.20. The molecule has 2 amide bonds. The van der Waals surface area contributed by atoms with Crippen LogP contribution >= 0.6 is 12.2 Å². The maximum atomic E-state index is 12.5. The number of piperazine rings is 1. The third-order valence-electron chi connectivity index (χ3n) is 5.52. The van der Waals surface area contributed by atoms with Gasteiger partial charge in [-0.25, -0.2) is 0 Å². The number of carbonyl (C=O) groups excluding carboxylic acids is 2. The molecule has 1 aliphatic rings. The van der Waals surface area contributed by atoms with E-state index in [1.165, 1.54) is 0 Å². The van der Waals surface area contributed by atoms with Crippen LogP contribution in [0.5, 0.6) is 5.75 Å². The highest BCUT2D eigenvalue weighted by Gasteiger charge is 2.21. The fraction of sp³-hybridized carbons (Fsp3) is 0.423. The van der Waals surface area contributed by atoms with Gasteiger partial charge in [-0.3, -0.25) is 14.9 Å². The number of hydrogen-bond donors (Lipinski definition) is 2. The number of hydrogen-bond acceptors (Lipinski definition) is 5. The molecule has 8 heteroatoms. The minimum absolute atomic E-state index is 0.237. The van der Waals surface area contributed by atoms with Crippen molar-refractivity contribution < 1.29 is 14.3 Å². The van der Waals surface area contributed by atoms with Crippen LogP contribution in [0.25, 0.3) is 0 Å². The molecule has 3 rings (SSSR count). The molecular formula is C26H34N4O3S. The molecule has 182 valence electrons. The molecule has 0 unspecified atom stereocenters. The minimum Gasteiger partial charge on any atom is -0.494 e. The van der Waals surface area contributed by atoms with Crippen LogP contribution in [0.3, 0.4) is 0 Å². The van der Waals surface area contributed by atoms with Crippen LogP contribution in [-0.4, -0.2) is 54.6 Å². The van der Waals surface area contributed by atoms with E-state index in [9.17, 15) is 9.59 Å². The second kappa shape index (κ2) is 12.4. The van der Waals surface area contributed by atoms with Crippen molar-refractivity contribution in [3.8, 4) is 5.75 Å². The molecule has 0 spiro atoms. The van der Waals surface area contributed by atoms with Crippen molar-refractivity contribution in [1.29, 1.82) is 0 Å². The molecular weight excluding hydrogens is 448 g/mol. The smallest absolute Gasteiger partial charge is 0.257 e. The Kier molecular flexibility index (Phi) is 9.27. The normalized spacial score (nSPS) is 13.5. The first kappa shape index (κ1) is 25.5. The third kappa shape index (κ3) is 7.45. The number of thiocarbonyl (C=S) groups is 1. The van der Waals surface area contributed by atoms with E-state index in [0.29, 0.717) is 24.5 Å². The molecule has 7 nitrogen and oxygen atoms in total. The highest BCUT2D eigenvalue weighted by molar-refractivity contribution is 7.80. The van der Waals surface area contributed by atoms with Crippen LogP contribution in [0.1, 0.15) is 44.0 Å². The Morgan fingerprint density at radius 1 is 1.00 bits per heavy atom. The predicted molar refractivity (Wildman–Crippen MR) is 141 cm³/mol. The fourth-order valence-corrected chi connectivity index (χ4v) is 3.92. The van der Waals surface area contributed by atoms with Crippen molar-refractivity contribution in [3.63, 3.8) is 0 Å². The molecule has 1 fully saturated rings. The second-order valence-electron chi connectivity index (χ2n) is 8.79. The van der Waals surface area contributed by atoms with Gasteiger partial charge in [-0.05, 0) is 73.1 Å². The molecule has 1 saturated heterocycles. The minimum atomic E-state index is -0.277. The van der Waals surface area contributed by atoms with Crippen LogP contribution in [-0.2, 0) is 4.79 Å². The quantitative estimate of drug-likeness (QED) is 0.547. The van der Waals surface area contributed by atoms with Gasteiger partial charge in [-0.1, -0.05) is 20.8 Å². The molecule has 34 heavy (non-hydrogen) atoms. The van der Waals surface area contributed by atoms with Gasteiger partial charge in [-0.2, -0.15) is 0 Å². The van der Waals surface area contributed by atoms with Gasteiger partial charge < -0.3 is 19.9 Å². The molecule has 0 saturated carbocycles. The van der Waals surface area contributed by atoms with Crippen molar-refractivity contribution in [2.45, 2.75) is 33.6 Å². The van der Waals surface area contributed by atoms with E-state index in [-0.39, 0.29) is 16.9 Å². The Balaban J connectivity index is 1.46. The number of nitrogens with zero attached hydrogens (tertiary/aromatic N) is 2. The number of rotatable bonds is 8. The average Bonchev–Trinajstić information content (AvgIpc) is 2.83. The largest absolute Gasteiger partial charge is 0.494 e. The zero-order chi connectivity index (χ0) is 24.5. The summed E-state index contributed by atoms with van der Waals surface area (Å²) in [5, 5.41) is 6.00. The summed E-state index contributed by atoms with van der Waals surface area (Å²) in [7, 11) is 0. The first-order valence-corrected chi connectivity index (χ1v) is 12.2. The molecule has 0 atom stereocenters. The lowest BCUT2D eigenvalue weighted by molar-refractivity contribution is -0.132. The summed E-state index contributed by atoms with van der Waals surface area (Å²) >= 11 is 5.30. The molecule has 1 heterocycles. The van der Waals surface area contributed by atoms with E-state index in [1.807, 2.05) is 36.1 Å². The van der Waals surface area contributed by atoms with E-state index in [0.717, 1.165) is 49.7 Å². The maximum Gasteiger partial charge on any atom is 0.257 e. The Hall–Kier alpha value is -3.13. The number of amides is 2. The first-order chi connectivity index (χ1) is 16.4. The maximum absolute atomic E-state index is 12.5. The van der Waals surface area contributed by atoms with Gasteiger partial charge >= 0.3 is 0 Å². The van der Waals surface area contributed by atoms with Crippen molar-refractivity contribution in [2.75, 3.05) is 43.0 Å². The standard InChI is InChI=1S/C26H34N4O3S/c1-4-17-33-23-11-5-20(6-12-23)25(32)28-26(34)27-21-7-9-22(10-8-21)29-13-15-30(16-14-29)24(31)18-19(2)3/h5-12,19H,4,13-18H2,1-3H3,(H2,27,28,32,34). The van der Waals surface area contributed by atoms with E-state index in [4.69, 9.17) is 17.0 Å². The monoisotopic (exact) mass is 482 g/mol. The van der Waals surface area contributed by atoms with Crippen molar-refractivity contribution in [1.82, 2.24) is 10.2 Å². The highest BCUT2D eigenvalue weighted by atomic mass is 32.1. The van der Waals surface area contributed by atoms with E-state index >= 15 is 0 Å². The Morgan fingerprint density at radius 3 is 2.24 bits per heavy atom. The average molecular weight is 483 g/mol. The molecule has 2 N–H and O–H groups in total. The Morgan fingerprint density at radius 2 is 1.65 bits per heavy atom. The first-order valence-electron chi connectivity index (χ1n) is 11.8. The van der Waals surface area contributed by atoms with Crippen molar-refractivity contribution in [2.24, 2.45) is 5.92 Å². The lowest BCUT2D eigenvalue weighted by Gasteiger charge is -2.36. The van der Waals surface area contributed by atoms with E-state index < -0.39 is 0 Å². The number of anilines is 2. The summed E-state index contributed by atoms with van der Waals surface area (Å²) in [6.07, 6.45) is 1.54. The number of ether oxygens (including phenoxy) is 1. The van der Waals surface area contributed by atoms with Crippen LogP contribution in [0, 0.1) is 5.92 Å². The number of benzene rings is 2. The van der Waals surface area contributed by atoms with Gasteiger partial charge in [0.15, 0.2) is 5.11 Å². The predicted octanol–water partition coefficient (Wildman–Crippen LogP) is 4.30.